The Morgan fingerprint density at radius 3 is 2.87 bits per heavy atom. The third-order valence-corrected chi connectivity index (χ3v) is 2.44. The molecule has 0 saturated heterocycles. The number of hydrogen-bond donors (Lipinski definition) is 0. The van der Waals surface area contributed by atoms with Gasteiger partial charge in [-0.3, -0.25) is 0 Å². The summed E-state index contributed by atoms with van der Waals surface area (Å²) in [5.41, 5.74) is 3.84. The Morgan fingerprint density at radius 2 is 2.13 bits per heavy atom. The van der Waals surface area contributed by atoms with Gasteiger partial charge in [0.2, 0.25) is 0 Å². The molecule has 1 aromatic heterocycles. The molecule has 0 aliphatic rings. The third kappa shape index (κ3) is 2.18. The minimum Gasteiger partial charge on any atom is -0.350 e. The summed E-state index contributed by atoms with van der Waals surface area (Å²) >= 11 is 0. The topological polar surface area (TPSA) is 4.93 Å². The van der Waals surface area contributed by atoms with Gasteiger partial charge < -0.3 is 4.57 Å². The van der Waals surface area contributed by atoms with Crippen LogP contribution in [0, 0.1) is 6.92 Å². The average molecular weight is 197 g/mol. The summed E-state index contributed by atoms with van der Waals surface area (Å²) in [5.74, 6) is 0. The highest BCUT2D eigenvalue weighted by atomic mass is 14.9. The zero-order valence-corrected chi connectivity index (χ0v) is 8.98. The summed E-state index contributed by atoms with van der Waals surface area (Å²) in [7, 11) is 0. The SMILES string of the molecule is C=CCn1ccc(-c2cccc(C)c2)c1. The Kier molecular flexibility index (Phi) is 2.72. The lowest BCUT2D eigenvalue weighted by Gasteiger charge is -1.99. The van der Waals surface area contributed by atoms with E-state index in [0.29, 0.717) is 0 Å². The van der Waals surface area contributed by atoms with E-state index in [4.69, 9.17) is 0 Å². The van der Waals surface area contributed by atoms with E-state index in [1.54, 1.807) is 0 Å². The van der Waals surface area contributed by atoms with Crippen LogP contribution in [-0.2, 0) is 6.54 Å². The molecule has 76 valence electrons. The molecule has 0 atom stereocenters. The summed E-state index contributed by atoms with van der Waals surface area (Å²) < 4.78 is 2.13. The Labute approximate surface area is 90.7 Å². The molecule has 2 aromatic rings. The number of nitrogens with zero attached hydrogens (tertiary/aromatic N) is 1. The van der Waals surface area contributed by atoms with Crippen LogP contribution in [0.25, 0.3) is 11.1 Å². The fraction of sp³-hybridized carbons (Fsp3) is 0.143. The number of hydrogen-bond acceptors (Lipinski definition) is 0. The van der Waals surface area contributed by atoms with E-state index in [1.807, 2.05) is 6.08 Å². The van der Waals surface area contributed by atoms with E-state index in [1.165, 1.54) is 16.7 Å². The van der Waals surface area contributed by atoms with Crippen molar-refractivity contribution in [1.29, 1.82) is 0 Å². The number of rotatable bonds is 3. The van der Waals surface area contributed by atoms with Crippen molar-refractivity contribution >= 4 is 0 Å². The van der Waals surface area contributed by atoms with E-state index in [9.17, 15) is 0 Å². The fourth-order valence-electron chi connectivity index (χ4n) is 1.70. The van der Waals surface area contributed by atoms with Gasteiger partial charge in [-0.2, -0.15) is 0 Å². The monoisotopic (exact) mass is 197 g/mol. The highest BCUT2D eigenvalue weighted by molar-refractivity contribution is 5.63. The summed E-state index contributed by atoms with van der Waals surface area (Å²) in [4.78, 5) is 0. The summed E-state index contributed by atoms with van der Waals surface area (Å²) in [6, 6.07) is 10.7. The molecule has 0 fully saturated rings. The Bertz CT molecular complexity index is 466. The van der Waals surface area contributed by atoms with Crippen molar-refractivity contribution in [3.05, 3.63) is 60.9 Å². The maximum atomic E-state index is 3.73. The Balaban J connectivity index is 2.32. The lowest BCUT2D eigenvalue weighted by Crippen LogP contribution is -1.88. The molecule has 0 saturated carbocycles. The van der Waals surface area contributed by atoms with Gasteiger partial charge in [-0.25, -0.2) is 0 Å². The van der Waals surface area contributed by atoms with E-state index in [2.05, 4.69) is 60.8 Å². The van der Waals surface area contributed by atoms with Crippen LogP contribution in [0.15, 0.2) is 55.4 Å². The van der Waals surface area contributed by atoms with Gasteiger partial charge in [0.05, 0.1) is 0 Å². The second kappa shape index (κ2) is 4.18. The summed E-state index contributed by atoms with van der Waals surface area (Å²) in [5, 5.41) is 0. The largest absolute Gasteiger partial charge is 0.350 e. The smallest absolute Gasteiger partial charge is 0.0398 e. The number of aryl methyl sites for hydroxylation is 1. The number of allylic oxidation sites excluding steroid dienone is 1. The van der Waals surface area contributed by atoms with Gasteiger partial charge in [0.15, 0.2) is 0 Å². The van der Waals surface area contributed by atoms with Crippen LogP contribution in [0.2, 0.25) is 0 Å². The molecule has 0 aliphatic heterocycles. The number of benzene rings is 1. The standard InChI is InChI=1S/C14H15N/c1-3-8-15-9-7-14(11-15)13-6-4-5-12(2)10-13/h3-7,9-11H,1,8H2,2H3. The lowest BCUT2D eigenvalue weighted by atomic mass is 10.1. The highest BCUT2D eigenvalue weighted by Gasteiger charge is 1.99. The van der Waals surface area contributed by atoms with Crippen molar-refractivity contribution in [2.45, 2.75) is 13.5 Å². The highest BCUT2D eigenvalue weighted by Crippen LogP contribution is 2.20. The quantitative estimate of drug-likeness (QED) is 0.662. The van der Waals surface area contributed by atoms with Crippen LogP contribution in [-0.4, -0.2) is 4.57 Å². The van der Waals surface area contributed by atoms with Crippen molar-refractivity contribution in [2.75, 3.05) is 0 Å². The molecule has 0 N–H and O–H groups in total. The molecule has 0 bridgehead atoms. The fourth-order valence-corrected chi connectivity index (χ4v) is 1.70. The second-order valence-corrected chi connectivity index (χ2v) is 3.76. The van der Waals surface area contributed by atoms with Crippen LogP contribution in [0.3, 0.4) is 0 Å². The third-order valence-electron chi connectivity index (χ3n) is 2.44. The van der Waals surface area contributed by atoms with Gasteiger partial charge in [0, 0.05) is 18.9 Å². The molecule has 1 nitrogen and oxygen atoms in total. The Hall–Kier alpha value is -1.76. The van der Waals surface area contributed by atoms with Crippen molar-refractivity contribution in [1.82, 2.24) is 4.57 Å². The summed E-state index contributed by atoms with van der Waals surface area (Å²) in [6.07, 6.45) is 6.13. The van der Waals surface area contributed by atoms with E-state index >= 15 is 0 Å². The van der Waals surface area contributed by atoms with Crippen molar-refractivity contribution in [3.8, 4) is 11.1 Å². The zero-order valence-electron chi connectivity index (χ0n) is 8.98. The normalized spacial score (nSPS) is 10.2. The van der Waals surface area contributed by atoms with Crippen molar-refractivity contribution in [2.24, 2.45) is 0 Å². The molecule has 1 heterocycles. The van der Waals surface area contributed by atoms with Crippen molar-refractivity contribution in [3.63, 3.8) is 0 Å². The van der Waals surface area contributed by atoms with Crippen LogP contribution in [0.1, 0.15) is 5.56 Å². The van der Waals surface area contributed by atoms with E-state index < -0.39 is 0 Å². The minimum absolute atomic E-state index is 0.867. The van der Waals surface area contributed by atoms with E-state index in [-0.39, 0.29) is 0 Å². The molecule has 0 unspecified atom stereocenters. The van der Waals surface area contributed by atoms with Gasteiger partial charge in [-0.05, 0) is 24.1 Å². The molecule has 1 heteroatoms. The van der Waals surface area contributed by atoms with Crippen LogP contribution >= 0.6 is 0 Å². The van der Waals surface area contributed by atoms with Crippen LogP contribution in [0.4, 0.5) is 0 Å². The molecule has 2 rings (SSSR count). The minimum atomic E-state index is 0.867. The molecule has 0 aliphatic carbocycles. The molecular weight excluding hydrogens is 182 g/mol. The molecular formula is C14H15N. The maximum Gasteiger partial charge on any atom is 0.0398 e. The predicted molar refractivity (Wildman–Crippen MR) is 64.8 cm³/mol. The van der Waals surface area contributed by atoms with Gasteiger partial charge in [0.25, 0.3) is 0 Å². The Morgan fingerprint density at radius 1 is 1.27 bits per heavy atom. The zero-order chi connectivity index (χ0) is 10.7. The maximum absolute atomic E-state index is 3.73. The van der Waals surface area contributed by atoms with Gasteiger partial charge in [0.1, 0.15) is 0 Å². The first-order chi connectivity index (χ1) is 7.29. The van der Waals surface area contributed by atoms with Gasteiger partial charge in [-0.15, -0.1) is 6.58 Å². The van der Waals surface area contributed by atoms with Crippen LogP contribution in [0.5, 0.6) is 0 Å². The molecule has 1 aromatic carbocycles. The number of aromatic nitrogens is 1. The molecule has 0 amide bonds. The first-order valence-electron chi connectivity index (χ1n) is 5.13. The van der Waals surface area contributed by atoms with Crippen LogP contribution < -0.4 is 0 Å². The first kappa shape index (κ1) is 9.78. The lowest BCUT2D eigenvalue weighted by molar-refractivity contribution is 0.832. The van der Waals surface area contributed by atoms with E-state index in [0.717, 1.165) is 6.54 Å². The molecule has 0 spiro atoms. The molecule has 0 radical (unpaired) electrons. The van der Waals surface area contributed by atoms with Gasteiger partial charge in [-0.1, -0.05) is 35.9 Å². The predicted octanol–water partition coefficient (Wildman–Crippen LogP) is 3.65. The average Bonchev–Trinajstić information content (AvgIpc) is 2.67. The first-order valence-corrected chi connectivity index (χ1v) is 5.13. The van der Waals surface area contributed by atoms with Gasteiger partial charge >= 0.3 is 0 Å². The molecule has 15 heavy (non-hydrogen) atoms. The second-order valence-electron chi connectivity index (χ2n) is 3.76. The van der Waals surface area contributed by atoms with Crippen molar-refractivity contribution < 1.29 is 0 Å². The summed E-state index contributed by atoms with van der Waals surface area (Å²) in [6.45, 7) is 6.71.